The number of phenols is 1. The summed E-state index contributed by atoms with van der Waals surface area (Å²) in [4.78, 5) is 12.6. The predicted molar refractivity (Wildman–Crippen MR) is 137 cm³/mol. The molecule has 0 spiro atoms. The number of halogens is 1. The van der Waals surface area contributed by atoms with E-state index in [0.29, 0.717) is 5.75 Å². The molecule has 0 saturated heterocycles. The van der Waals surface area contributed by atoms with Gasteiger partial charge in [-0.05, 0) is 50.9 Å². The molecule has 0 bridgehead atoms. The topological polar surface area (TPSA) is 61.7 Å². The van der Waals surface area contributed by atoms with Gasteiger partial charge in [-0.15, -0.1) is 0 Å². The van der Waals surface area contributed by atoms with Crippen molar-refractivity contribution in [2.45, 2.75) is 58.8 Å². The summed E-state index contributed by atoms with van der Waals surface area (Å²) >= 11 is 3.57. The third-order valence-electron chi connectivity index (χ3n) is 5.46. The molecule has 0 radical (unpaired) electrons. The van der Waals surface area contributed by atoms with Crippen molar-refractivity contribution in [1.29, 1.82) is 0 Å². The summed E-state index contributed by atoms with van der Waals surface area (Å²) in [7, 11) is 0. The second-order valence-electron chi connectivity index (χ2n) is 10.2. The number of hydrazone groups is 1. The summed E-state index contributed by atoms with van der Waals surface area (Å²) in [6, 6.07) is 15.8. The first-order chi connectivity index (χ1) is 14.9. The fourth-order valence-corrected chi connectivity index (χ4v) is 4.22. The van der Waals surface area contributed by atoms with Crippen molar-refractivity contribution < 1.29 is 9.90 Å². The molecule has 32 heavy (non-hydrogen) atoms. The minimum absolute atomic E-state index is 0.181. The Labute approximate surface area is 198 Å². The van der Waals surface area contributed by atoms with Gasteiger partial charge in [-0.25, -0.2) is 5.43 Å². The molecule has 3 rings (SSSR count). The van der Waals surface area contributed by atoms with Crippen molar-refractivity contribution >= 4 is 38.8 Å². The molecule has 5 heteroatoms. The average Bonchev–Trinajstić information content (AvgIpc) is 2.69. The van der Waals surface area contributed by atoms with Crippen LogP contribution in [0.15, 0.2) is 58.1 Å². The summed E-state index contributed by atoms with van der Waals surface area (Å²) < 4.78 is 1.01. The fourth-order valence-electron chi connectivity index (χ4n) is 3.74. The second kappa shape index (κ2) is 9.07. The lowest BCUT2D eigenvalue weighted by molar-refractivity contribution is -0.120. The zero-order valence-corrected chi connectivity index (χ0v) is 21.2. The van der Waals surface area contributed by atoms with Gasteiger partial charge < -0.3 is 5.11 Å². The predicted octanol–water partition coefficient (Wildman–Crippen LogP) is 6.60. The number of carbonyl (C=O) groups is 1. The van der Waals surface area contributed by atoms with Crippen LogP contribution in [-0.2, 0) is 22.0 Å². The van der Waals surface area contributed by atoms with Crippen LogP contribution >= 0.6 is 15.9 Å². The summed E-state index contributed by atoms with van der Waals surface area (Å²) in [6.45, 7) is 12.4. The first-order valence-electron chi connectivity index (χ1n) is 10.7. The van der Waals surface area contributed by atoms with E-state index >= 15 is 0 Å². The Morgan fingerprint density at radius 3 is 2.09 bits per heavy atom. The zero-order chi connectivity index (χ0) is 23.7. The molecule has 0 aliphatic carbocycles. The Kier molecular flexibility index (Phi) is 6.80. The summed E-state index contributed by atoms with van der Waals surface area (Å²) in [5.41, 5.74) is 5.71. The van der Waals surface area contributed by atoms with E-state index in [4.69, 9.17) is 0 Å². The maximum absolute atomic E-state index is 12.6. The molecule has 0 unspecified atom stereocenters. The van der Waals surface area contributed by atoms with Crippen LogP contribution in [-0.4, -0.2) is 17.2 Å². The molecule has 0 aromatic heterocycles. The molecular weight excluding hydrogens is 464 g/mol. The first-order valence-corrected chi connectivity index (χ1v) is 11.5. The molecule has 4 nitrogen and oxygen atoms in total. The van der Waals surface area contributed by atoms with E-state index < -0.39 is 0 Å². The lowest BCUT2D eigenvalue weighted by Gasteiger charge is -2.27. The molecule has 2 N–H and O–H groups in total. The number of phenolic OH excluding ortho intramolecular Hbond substituents is 1. The van der Waals surface area contributed by atoms with Crippen LogP contribution < -0.4 is 5.43 Å². The van der Waals surface area contributed by atoms with Crippen LogP contribution in [0.2, 0.25) is 0 Å². The van der Waals surface area contributed by atoms with Crippen LogP contribution in [0.1, 0.15) is 63.8 Å². The number of aromatic hydroxyl groups is 1. The van der Waals surface area contributed by atoms with Crippen LogP contribution in [0.5, 0.6) is 5.75 Å². The molecule has 0 aliphatic rings. The number of rotatable bonds is 4. The van der Waals surface area contributed by atoms with Crippen LogP contribution in [0.25, 0.3) is 10.8 Å². The summed E-state index contributed by atoms with van der Waals surface area (Å²) in [5, 5.41) is 17.2. The average molecular weight is 495 g/mol. The highest BCUT2D eigenvalue weighted by atomic mass is 79.9. The molecule has 3 aromatic carbocycles. The highest BCUT2D eigenvalue weighted by molar-refractivity contribution is 9.10. The lowest BCUT2D eigenvalue weighted by atomic mass is 9.78. The third-order valence-corrected chi connectivity index (χ3v) is 6.15. The number of fused-ring (bicyclic) bond motifs is 1. The molecule has 168 valence electrons. The number of benzene rings is 3. The van der Waals surface area contributed by atoms with E-state index in [1.165, 1.54) is 0 Å². The molecule has 0 heterocycles. The maximum atomic E-state index is 12.6. The van der Waals surface area contributed by atoms with E-state index in [2.05, 4.69) is 68.0 Å². The summed E-state index contributed by atoms with van der Waals surface area (Å²) in [6.07, 6.45) is 1.88. The van der Waals surface area contributed by atoms with E-state index in [1.807, 2.05) is 48.5 Å². The van der Waals surface area contributed by atoms with Crippen molar-refractivity contribution in [3.05, 3.63) is 75.3 Å². The van der Waals surface area contributed by atoms with Gasteiger partial charge in [0.25, 0.3) is 0 Å². The van der Waals surface area contributed by atoms with Gasteiger partial charge in [0.2, 0.25) is 5.91 Å². The number of carbonyl (C=O) groups excluding carboxylic acids is 1. The SMILES string of the molecule is CC(C)(C)c1cc(/C=N\NC(=O)Cc2ccc(Br)c3ccccc23)cc(C(C)(C)C)c1O. The number of hydrogen-bond acceptors (Lipinski definition) is 3. The standard InChI is InChI=1S/C27H31BrN2O2/c1-26(2,3)21-13-17(14-22(25(21)32)27(4,5)6)16-29-30-24(31)15-18-11-12-23(28)20-10-8-7-9-19(18)20/h7-14,16,32H,15H2,1-6H3,(H,30,31)/b29-16-. The van der Waals surface area contributed by atoms with Gasteiger partial charge in [-0.3, -0.25) is 4.79 Å². The van der Waals surface area contributed by atoms with Crippen molar-refractivity contribution in [1.82, 2.24) is 5.43 Å². The van der Waals surface area contributed by atoms with E-state index in [9.17, 15) is 9.90 Å². The molecule has 0 fully saturated rings. The van der Waals surface area contributed by atoms with Gasteiger partial charge in [-0.2, -0.15) is 5.10 Å². The maximum Gasteiger partial charge on any atom is 0.244 e. The highest BCUT2D eigenvalue weighted by Crippen LogP contribution is 2.39. The van der Waals surface area contributed by atoms with Gasteiger partial charge in [0.1, 0.15) is 5.75 Å². The number of hydrogen-bond donors (Lipinski definition) is 2. The molecule has 1 amide bonds. The van der Waals surface area contributed by atoms with Crippen molar-refractivity contribution in [3.63, 3.8) is 0 Å². The van der Waals surface area contributed by atoms with E-state index in [0.717, 1.165) is 37.5 Å². The summed E-state index contributed by atoms with van der Waals surface area (Å²) in [5.74, 6) is 0.146. The fraction of sp³-hybridized carbons (Fsp3) is 0.333. The number of amides is 1. The minimum Gasteiger partial charge on any atom is -0.507 e. The largest absolute Gasteiger partial charge is 0.507 e. The van der Waals surface area contributed by atoms with Crippen LogP contribution in [0.4, 0.5) is 0 Å². The lowest BCUT2D eigenvalue weighted by Crippen LogP contribution is -2.20. The minimum atomic E-state index is -0.222. The third kappa shape index (κ3) is 5.39. The van der Waals surface area contributed by atoms with Gasteiger partial charge in [0.05, 0.1) is 12.6 Å². The molecular formula is C27H31BrN2O2. The van der Waals surface area contributed by atoms with Crippen LogP contribution in [0.3, 0.4) is 0 Å². The zero-order valence-electron chi connectivity index (χ0n) is 19.6. The first kappa shape index (κ1) is 24.0. The van der Waals surface area contributed by atoms with Crippen molar-refractivity contribution in [3.8, 4) is 5.75 Å². The number of nitrogens with zero attached hydrogens (tertiary/aromatic N) is 1. The smallest absolute Gasteiger partial charge is 0.244 e. The Balaban J connectivity index is 1.82. The molecule has 0 atom stereocenters. The Morgan fingerprint density at radius 2 is 1.53 bits per heavy atom. The second-order valence-corrected chi connectivity index (χ2v) is 11.0. The van der Waals surface area contributed by atoms with Crippen molar-refractivity contribution in [2.24, 2.45) is 5.10 Å². The van der Waals surface area contributed by atoms with Crippen LogP contribution in [0, 0.1) is 0 Å². The Morgan fingerprint density at radius 1 is 0.969 bits per heavy atom. The quantitative estimate of drug-likeness (QED) is 0.317. The van der Waals surface area contributed by atoms with Gasteiger partial charge in [0.15, 0.2) is 0 Å². The Bertz CT molecular complexity index is 1150. The van der Waals surface area contributed by atoms with Gasteiger partial charge in [0, 0.05) is 15.6 Å². The highest BCUT2D eigenvalue weighted by Gasteiger charge is 2.26. The number of nitrogens with one attached hydrogen (secondary N) is 1. The van der Waals surface area contributed by atoms with Gasteiger partial charge >= 0.3 is 0 Å². The monoisotopic (exact) mass is 494 g/mol. The molecule has 0 saturated carbocycles. The van der Waals surface area contributed by atoms with Crippen molar-refractivity contribution in [2.75, 3.05) is 0 Å². The Hall–Kier alpha value is -2.66. The van der Waals surface area contributed by atoms with E-state index in [1.54, 1.807) is 6.21 Å². The van der Waals surface area contributed by atoms with Gasteiger partial charge in [-0.1, -0.05) is 87.8 Å². The normalized spacial score (nSPS) is 12.5. The molecule has 0 aliphatic heterocycles. The molecule has 3 aromatic rings. The van der Waals surface area contributed by atoms with E-state index in [-0.39, 0.29) is 23.2 Å².